The molecule has 7 nitrogen and oxygen atoms in total. The Kier molecular flexibility index (Phi) is 4.22. The maximum absolute atomic E-state index is 14.1. The van der Waals surface area contributed by atoms with Gasteiger partial charge in [-0.15, -0.1) is 10.2 Å². The van der Waals surface area contributed by atoms with Crippen LogP contribution in [-0.4, -0.2) is 31.6 Å². The molecule has 0 saturated heterocycles. The van der Waals surface area contributed by atoms with Crippen molar-refractivity contribution in [2.75, 3.05) is 18.1 Å². The highest BCUT2D eigenvalue weighted by Gasteiger charge is 2.17. The average molecular weight is 420 g/mol. The summed E-state index contributed by atoms with van der Waals surface area (Å²) < 4.78 is 15.9. The largest absolute Gasteiger partial charge is 0.384 e. The molecule has 5 rings (SSSR count). The zero-order valence-electron chi connectivity index (χ0n) is 15.8. The Bertz CT molecular complexity index is 1410. The number of nitrogens with two attached hydrogens (primary N) is 1. The molecule has 0 bridgehead atoms. The summed E-state index contributed by atoms with van der Waals surface area (Å²) in [7, 11) is 1.71. The molecule has 0 spiro atoms. The first-order chi connectivity index (χ1) is 14.5. The zero-order chi connectivity index (χ0) is 20.8. The molecule has 3 N–H and O–H groups in total. The lowest BCUT2D eigenvalue weighted by molar-refractivity contribution is 0.630. The van der Waals surface area contributed by atoms with Crippen molar-refractivity contribution in [3.05, 3.63) is 65.6 Å². The van der Waals surface area contributed by atoms with Gasteiger partial charge in [0.15, 0.2) is 5.82 Å². The van der Waals surface area contributed by atoms with Crippen molar-refractivity contribution < 1.29 is 4.39 Å². The standard InChI is InChI=1S/C21H15ClFN7/c1-25-19-14-8-16(23)15(22)9-17(14)30-20(28-29-21(30)27-19)12-4-2-3-11(7-12)13-5-6-18(24)26-10-13/h2-10H,1H3,(H2,24,26)(H,25,27,29). The minimum Gasteiger partial charge on any atom is -0.384 e. The van der Waals surface area contributed by atoms with Crippen LogP contribution >= 0.6 is 11.6 Å². The Hall–Kier alpha value is -3.78. The molecule has 0 atom stereocenters. The van der Waals surface area contributed by atoms with Gasteiger partial charge in [0.05, 0.1) is 10.5 Å². The number of halogens is 2. The van der Waals surface area contributed by atoms with E-state index >= 15 is 0 Å². The third-order valence-corrected chi connectivity index (χ3v) is 5.16. The van der Waals surface area contributed by atoms with Crippen molar-refractivity contribution in [3.8, 4) is 22.5 Å². The Labute approximate surface area is 175 Å². The molecular formula is C21H15ClFN7. The first kappa shape index (κ1) is 18.3. The number of nitrogen functional groups attached to an aromatic ring is 1. The van der Waals surface area contributed by atoms with Gasteiger partial charge in [-0.1, -0.05) is 29.8 Å². The molecule has 0 aliphatic carbocycles. The minimum absolute atomic E-state index is 0.0124. The van der Waals surface area contributed by atoms with Crippen LogP contribution in [0.5, 0.6) is 0 Å². The van der Waals surface area contributed by atoms with Crippen LogP contribution in [0.4, 0.5) is 16.0 Å². The number of anilines is 2. The van der Waals surface area contributed by atoms with E-state index in [0.29, 0.717) is 34.1 Å². The van der Waals surface area contributed by atoms with E-state index in [1.165, 1.54) is 6.07 Å². The number of aromatic nitrogens is 5. The van der Waals surface area contributed by atoms with Crippen LogP contribution in [0.2, 0.25) is 5.02 Å². The second-order valence-corrected chi connectivity index (χ2v) is 7.11. The summed E-state index contributed by atoms with van der Waals surface area (Å²) in [6, 6.07) is 14.4. The van der Waals surface area contributed by atoms with Gasteiger partial charge in [-0.3, -0.25) is 4.40 Å². The molecule has 9 heteroatoms. The van der Waals surface area contributed by atoms with E-state index in [4.69, 9.17) is 17.3 Å². The summed E-state index contributed by atoms with van der Waals surface area (Å²) in [6.07, 6.45) is 1.72. The molecule has 3 heterocycles. The van der Waals surface area contributed by atoms with Crippen LogP contribution in [-0.2, 0) is 0 Å². The Morgan fingerprint density at radius 1 is 1.03 bits per heavy atom. The Morgan fingerprint density at radius 2 is 1.87 bits per heavy atom. The number of hydrogen-bond acceptors (Lipinski definition) is 6. The first-order valence-electron chi connectivity index (χ1n) is 9.09. The van der Waals surface area contributed by atoms with Crippen molar-refractivity contribution in [2.45, 2.75) is 0 Å². The summed E-state index contributed by atoms with van der Waals surface area (Å²) in [5.74, 6) is 1.38. The summed E-state index contributed by atoms with van der Waals surface area (Å²) in [5.41, 5.74) is 9.03. The molecule has 0 aliphatic heterocycles. The predicted octanol–water partition coefficient (Wildman–Crippen LogP) is 4.42. The van der Waals surface area contributed by atoms with Gasteiger partial charge in [-0.25, -0.2) is 9.37 Å². The van der Waals surface area contributed by atoms with Crippen LogP contribution in [0.3, 0.4) is 0 Å². The fourth-order valence-electron chi connectivity index (χ4n) is 3.43. The maximum Gasteiger partial charge on any atom is 0.257 e. The van der Waals surface area contributed by atoms with Crippen LogP contribution < -0.4 is 11.1 Å². The molecule has 0 saturated carbocycles. The monoisotopic (exact) mass is 419 g/mol. The average Bonchev–Trinajstić information content (AvgIpc) is 3.19. The fraction of sp³-hybridized carbons (Fsp3) is 0.0476. The van der Waals surface area contributed by atoms with E-state index < -0.39 is 5.82 Å². The fourth-order valence-corrected chi connectivity index (χ4v) is 3.59. The molecule has 0 unspecified atom stereocenters. The van der Waals surface area contributed by atoms with Gasteiger partial charge in [0.2, 0.25) is 0 Å². The van der Waals surface area contributed by atoms with Gasteiger partial charge in [0.1, 0.15) is 17.5 Å². The van der Waals surface area contributed by atoms with E-state index in [1.54, 1.807) is 29.8 Å². The lowest BCUT2D eigenvalue weighted by Gasteiger charge is -2.10. The summed E-state index contributed by atoms with van der Waals surface area (Å²) in [5, 5.41) is 12.1. The maximum atomic E-state index is 14.1. The van der Waals surface area contributed by atoms with Gasteiger partial charge in [0, 0.05) is 29.8 Å². The highest BCUT2D eigenvalue weighted by Crippen LogP contribution is 2.32. The number of fused-ring (bicyclic) bond motifs is 3. The van der Waals surface area contributed by atoms with Gasteiger partial charge >= 0.3 is 0 Å². The molecule has 148 valence electrons. The number of benzene rings is 2. The highest BCUT2D eigenvalue weighted by atomic mass is 35.5. The lowest BCUT2D eigenvalue weighted by Crippen LogP contribution is -2.01. The van der Waals surface area contributed by atoms with E-state index in [1.807, 2.05) is 30.3 Å². The number of rotatable bonds is 3. The molecule has 0 radical (unpaired) electrons. The van der Waals surface area contributed by atoms with Crippen molar-refractivity contribution in [1.82, 2.24) is 24.6 Å². The van der Waals surface area contributed by atoms with E-state index in [9.17, 15) is 4.39 Å². The SMILES string of the molecule is CNc1nc2nnc(-c3cccc(-c4ccc(N)nc4)c3)n2c2cc(Cl)c(F)cc12. The summed E-state index contributed by atoms with van der Waals surface area (Å²) in [6.45, 7) is 0. The van der Waals surface area contributed by atoms with Crippen LogP contribution in [0.15, 0.2) is 54.7 Å². The molecular weight excluding hydrogens is 405 g/mol. The van der Waals surface area contributed by atoms with Gasteiger partial charge in [0.25, 0.3) is 5.78 Å². The van der Waals surface area contributed by atoms with Crippen LogP contribution in [0, 0.1) is 5.82 Å². The molecule has 30 heavy (non-hydrogen) atoms. The van der Waals surface area contributed by atoms with Gasteiger partial charge in [-0.05, 0) is 35.9 Å². The quantitative estimate of drug-likeness (QED) is 0.449. The van der Waals surface area contributed by atoms with Crippen molar-refractivity contribution in [1.29, 1.82) is 0 Å². The molecule has 0 amide bonds. The number of pyridine rings is 1. The van der Waals surface area contributed by atoms with E-state index in [0.717, 1.165) is 16.7 Å². The predicted molar refractivity (Wildman–Crippen MR) is 116 cm³/mol. The van der Waals surface area contributed by atoms with Gasteiger partial charge in [-0.2, -0.15) is 4.98 Å². The van der Waals surface area contributed by atoms with Gasteiger partial charge < -0.3 is 11.1 Å². The van der Waals surface area contributed by atoms with Crippen molar-refractivity contribution in [2.24, 2.45) is 0 Å². The second kappa shape index (κ2) is 6.93. The number of nitrogens with one attached hydrogen (secondary N) is 1. The molecule has 0 aliphatic rings. The van der Waals surface area contributed by atoms with E-state index in [-0.39, 0.29) is 5.02 Å². The smallest absolute Gasteiger partial charge is 0.257 e. The minimum atomic E-state index is -0.519. The van der Waals surface area contributed by atoms with Crippen LogP contribution in [0.25, 0.3) is 39.2 Å². The van der Waals surface area contributed by atoms with Crippen LogP contribution in [0.1, 0.15) is 0 Å². The summed E-state index contributed by atoms with van der Waals surface area (Å²) >= 11 is 6.08. The van der Waals surface area contributed by atoms with Crippen molar-refractivity contribution in [3.63, 3.8) is 0 Å². The number of nitrogens with zero attached hydrogens (tertiary/aromatic N) is 5. The molecule has 3 aromatic heterocycles. The Morgan fingerprint density at radius 3 is 2.63 bits per heavy atom. The molecule has 0 fully saturated rings. The lowest BCUT2D eigenvalue weighted by atomic mass is 10.0. The summed E-state index contributed by atoms with van der Waals surface area (Å²) in [4.78, 5) is 8.63. The molecule has 2 aromatic carbocycles. The normalized spacial score (nSPS) is 11.3. The third kappa shape index (κ3) is 2.89. The first-order valence-corrected chi connectivity index (χ1v) is 9.47. The second-order valence-electron chi connectivity index (χ2n) is 6.71. The topological polar surface area (TPSA) is 94.0 Å². The molecule has 5 aromatic rings. The number of hydrogen-bond donors (Lipinski definition) is 2. The van der Waals surface area contributed by atoms with E-state index in [2.05, 4.69) is 25.5 Å². The Balaban J connectivity index is 1.76. The highest BCUT2D eigenvalue weighted by molar-refractivity contribution is 6.31. The third-order valence-electron chi connectivity index (χ3n) is 4.87. The zero-order valence-corrected chi connectivity index (χ0v) is 16.5. The van der Waals surface area contributed by atoms with Crippen molar-refractivity contribution >= 4 is 39.9 Å².